The Morgan fingerprint density at radius 3 is 2.80 bits per heavy atom. The van der Waals surface area contributed by atoms with E-state index in [-0.39, 0.29) is 0 Å². The summed E-state index contributed by atoms with van der Waals surface area (Å²) in [5, 5.41) is 4.37. The van der Waals surface area contributed by atoms with E-state index in [9.17, 15) is 0 Å². The molecule has 0 atom stereocenters. The van der Waals surface area contributed by atoms with E-state index in [1.54, 1.807) is 12.3 Å². The van der Waals surface area contributed by atoms with Gasteiger partial charge >= 0.3 is 0 Å². The number of likely N-dealkylation sites (tertiary alicyclic amines) is 1. The zero-order valence-corrected chi connectivity index (χ0v) is 12.7. The van der Waals surface area contributed by atoms with Gasteiger partial charge in [-0.05, 0) is 34.8 Å². The fraction of sp³-hybridized carbons (Fsp3) is 0.462. The second-order valence-electron chi connectivity index (χ2n) is 5.04. The van der Waals surface area contributed by atoms with Crippen molar-refractivity contribution in [3.05, 3.63) is 35.0 Å². The number of nitrogen functional groups attached to an aromatic ring is 1. The maximum absolute atomic E-state index is 5.68. The summed E-state index contributed by atoms with van der Waals surface area (Å²) in [5.74, 6) is 1.33. The maximum atomic E-state index is 5.68. The predicted molar refractivity (Wildman–Crippen MR) is 79.9 cm³/mol. The molecule has 0 aliphatic carbocycles. The fourth-order valence-electron chi connectivity index (χ4n) is 2.55. The molecule has 1 aliphatic rings. The molecule has 1 fully saturated rings. The summed E-state index contributed by atoms with van der Waals surface area (Å²) in [7, 11) is 0. The Balaban J connectivity index is 1.56. The van der Waals surface area contributed by atoms with E-state index in [0.29, 0.717) is 11.9 Å². The zero-order chi connectivity index (χ0) is 13.9. The Morgan fingerprint density at radius 1 is 1.35 bits per heavy atom. The topological polar surface area (TPSA) is 72.9 Å². The first-order valence-electron chi connectivity index (χ1n) is 6.70. The molecule has 106 valence electrons. The fourth-order valence-corrected chi connectivity index (χ4v) is 2.85. The number of nitrogens with zero attached hydrogens (tertiary/aromatic N) is 5. The molecule has 20 heavy (non-hydrogen) atoms. The number of aromatic nitrogens is 4. The molecular formula is C13H17BrN6. The molecule has 0 spiro atoms. The van der Waals surface area contributed by atoms with Crippen LogP contribution in [-0.2, 0) is 6.54 Å². The van der Waals surface area contributed by atoms with Crippen LogP contribution in [0.2, 0.25) is 0 Å². The van der Waals surface area contributed by atoms with Crippen LogP contribution in [0.5, 0.6) is 0 Å². The smallest absolute Gasteiger partial charge is 0.144 e. The van der Waals surface area contributed by atoms with Crippen molar-refractivity contribution >= 4 is 21.7 Å². The van der Waals surface area contributed by atoms with Crippen molar-refractivity contribution in [1.82, 2.24) is 24.6 Å². The van der Waals surface area contributed by atoms with Gasteiger partial charge < -0.3 is 5.73 Å². The molecule has 7 heteroatoms. The highest BCUT2D eigenvalue weighted by Crippen LogP contribution is 2.23. The van der Waals surface area contributed by atoms with E-state index in [1.807, 2.05) is 12.4 Å². The molecule has 6 nitrogen and oxygen atoms in total. The molecule has 0 amide bonds. The van der Waals surface area contributed by atoms with Gasteiger partial charge in [0, 0.05) is 25.5 Å². The summed E-state index contributed by atoms with van der Waals surface area (Å²) in [6.45, 7) is 2.82. The number of halogens is 1. The molecule has 2 aromatic rings. The van der Waals surface area contributed by atoms with Gasteiger partial charge in [-0.25, -0.2) is 9.97 Å². The Hall–Kier alpha value is -1.47. The van der Waals surface area contributed by atoms with E-state index in [4.69, 9.17) is 5.73 Å². The molecule has 2 N–H and O–H groups in total. The molecule has 0 bridgehead atoms. The van der Waals surface area contributed by atoms with E-state index >= 15 is 0 Å². The molecule has 1 saturated heterocycles. The van der Waals surface area contributed by atoms with Gasteiger partial charge in [0.1, 0.15) is 11.6 Å². The summed E-state index contributed by atoms with van der Waals surface area (Å²) in [5.41, 5.74) is 5.68. The lowest BCUT2D eigenvalue weighted by Crippen LogP contribution is -2.34. The standard InChI is InChI=1S/C13H17BrN6/c14-10-7-17-20(8-10)11-2-5-19(6-3-11)9-13-16-4-1-12(15)18-13/h1,4,7-8,11H,2-3,5-6,9H2,(H2,15,16,18). The third-order valence-corrected chi connectivity index (χ3v) is 4.00. The van der Waals surface area contributed by atoms with Crippen molar-refractivity contribution < 1.29 is 0 Å². The minimum Gasteiger partial charge on any atom is -0.384 e. The van der Waals surface area contributed by atoms with Gasteiger partial charge in [0.2, 0.25) is 0 Å². The number of rotatable bonds is 3. The monoisotopic (exact) mass is 336 g/mol. The summed E-state index contributed by atoms with van der Waals surface area (Å²) in [6.07, 6.45) is 7.78. The molecule has 0 unspecified atom stereocenters. The van der Waals surface area contributed by atoms with Crippen LogP contribution in [-0.4, -0.2) is 37.7 Å². The van der Waals surface area contributed by atoms with Crippen LogP contribution in [0.15, 0.2) is 29.1 Å². The molecule has 0 radical (unpaired) electrons. The minimum absolute atomic E-state index is 0.485. The molecule has 3 rings (SSSR count). The van der Waals surface area contributed by atoms with Gasteiger partial charge in [0.05, 0.1) is 23.3 Å². The van der Waals surface area contributed by atoms with Crippen molar-refractivity contribution in [2.75, 3.05) is 18.8 Å². The Bertz CT molecular complexity index is 576. The first-order valence-corrected chi connectivity index (χ1v) is 7.49. The van der Waals surface area contributed by atoms with Crippen LogP contribution < -0.4 is 5.73 Å². The quantitative estimate of drug-likeness (QED) is 0.925. The molecule has 2 aromatic heterocycles. The van der Waals surface area contributed by atoms with Gasteiger partial charge in [0.15, 0.2) is 0 Å². The third kappa shape index (κ3) is 3.16. The highest BCUT2D eigenvalue weighted by molar-refractivity contribution is 9.10. The van der Waals surface area contributed by atoms with Gasteiger partial charge in [-0.3, -0.25) is 9.58 Å². The van der Waals surface area contributed by atoms with Gasteiger partial charge in [0.25, 0.3) is 0 Å². The number of hydrogen-bond donors (Lipinski definition) is 1. The summed E-state index contributed by atoms with van der Waals surface area (Å²) >= 11 is 3.44. The van der Waals surface area contributed by atoms with Crippen molar-refractivity contribution in [2.45, 2.75) is 25.4 Å². The summed E-state index contributed by atoms with van der Waals surface area (Å²) in [6, 6.07) is 2.20. The second kappa shape index (κ2) is 5.88. The van der Waals surface area contributed by atoms with Crippen molar-refractivity contribution in [3.8, 4) is 0 Å². The first-order chi connectivity index (χ1) is 9.70. The van der Waals surface area contributed by atoms with Crippen LogP contribution >= 0.6 is 15.9 Å². The summed E-state index contributed by atoms with van der Waals surface area (Å²) in [4.78, 5) is 10.9. The lowest BCUT2D eigenvalue weighted by molar-refractivity contribution is 0.170. The summed E-state index contributed by atoms with van der Waals surface area (Å²) < 4.78 is 3.09. The average molecular weight is 337 g/mol. The van der Waals surface area contributed by atoms with E-state index in [0.717, 1.165) is 42.8 Å². The molecule has 1 aliphatic heterocycles. The van der Waals surface area contributed by atoms with Gasteiger partial charge in [-0.15, -0.1) is 0 Å². The third-order valence-electron chi connectivity index (χ3n) is 3.59. The largest absolute Gasteiger partial charge is 0.384 e. The van der Waals surface area contributed by atoms with E-state index in [2.05, 4.69) is 40.6 Å². The predicted octanol–water partition coefficient (Wildman–Crippen LogP) is 1.85. The molecule has 0 saturated carbocycles. The second-order valence-corrected chi connectivity index (χ2v) is 5.96. The lowest BCUT2D eigenvalue weighted by atomic mass is 10.1. The van der Waals surface area contributed by atoms with E-state index in [1.165, 1.54) is 0 Å². The zero-order valence-electron chi connectivity index (χ0n) is 11.1. The Morgan fingerprint density at radius 2 is 2.15 bits per heavy atom. The normalized spacial score (nSPS) is 17.4. The maximum Gasteiger partial charge on any atom is 0.144 e. The first kappa shape index (κ1) is 13.5. The van der Waals surface area contributed by atoms with Crippen molar-refractivity contribution in [1.29, 1.82) is 0 Å². The van der Waals surface area contributed by atoms with Crippen LogP contribution in [0, 0.1) is 0 Å². The highest BCUT2D eigenvalue weighted by Gasteiger charge is 2.21. The van der Waals surface area contributed by atoms with Crippen molar-refractivity contribution in [3.63, 3.8) is 0 Å². The Kier molecular flexibility index (Phi) is 3.98. The van der Waals surface area contributed by atoms with Gasteiger partial charge in [-0.1, -0.05) is 0 Å². The number of hydrogen-bond acceptors (Lipinski definition) is 5. The minimum atomic E-state index is 0.485. The number of anilines is 1. The molecular weight excluding hydrogens is 320 g/mol. The van der Waals surface area contributed by atoms with Gasteiger partial charge in [-0.2, -0.15) is 5.10 Å². The average Bonchev–Trinajstić information content (AvgIpc) is 2.86. The van der Waals surface area contributed by atoms with Crippen LogP contribution in [0.1, 0.15) is 24.7 Å². The van der Waals surface area contributed by atoms with Crippen LogP contribution in [0.4, 0.5) is 5.82 Å². The molecule has 3 heterocycles. The number of piperidine rings is 1. The number of nitrogens with two attached hydrogens (primary N) is 1. The highest BCUT2D eigenvalue weighted by atomic mass is 79.9. The van der Waals surface area contributed by atoms with Crippen molar-refractivity contribution in [2.24, 2.45) is 0 Å². The van der Waals surface area contributed by atoms with E-state index < -0.39 is 0 Å². The lowest BCUT2D eigenvalue weighted by Gasteiger charge is -2.31. The van der Waals surface area contributed by atoms with Crippen LogP contribution in [0.3, 0.4) is 0 Å². The SMILES string of the molecule is Nc1ccnc(CN2CCC(n3cc(Br)cn3)CC2)n1. The molecule has 0 aromatic carbocycles. The van der Waals surface area contributed by atoms with Crippen LogP contribution in [0.25, 0.3) is 0 Å². The Labute approximate surface area is 126 Å².